The molecule has 1 aromatic carbocycles. The quantitative estimate of drug-likeness (QED) is 0.722. The third kappa shape index (κ3) is 5.02. The Labute approximate surface area is 165 Å². The van der Waals surface area contributed by atoms with Gasteiger partial charge in [0.2, 0.25) is 6.10 Å². The second kappa shape index (κ2) is 8.19. The van der Waals surface area contributed by atoms with Crippen LogP contribution in [0.2, 0.25) is 4.34 Å². The van der Waals surface area contributed by atoms with Crippen molar-refractivity contribution in [2.75, 3.05) is 11.9 Å². The van der Waals surface area contributed by atoms with Crippen molar-refractivity contribution in [3.8, 4) is 0 Å². The molecule has 3 rings (SSSR count). The number of esters is 1. The van der Waals surface area contributed by atoms with Crippen LogP contribution in [0, 0.1) is 0 Å². The maximum atomic E-state index is 12.5. The largest absolute Gasteiger partial charge is 0.453 e. The molecule has 1 aliphatic rings. The molecule has 0 spiro atoms. The molecule has 0 bridgehead atoms. The summed E-state index contributed by atoms with van der Waals surface area (Å²) in [5.41, 5.74) is -0.141. The number of rotatable bonds is 5. The van der Waals surface area contributed by atoms with Crippen LogP contribution >= 0.6 is 22.9 Å². The van der Waals surface area contributed by atoms with Crippen molar-refractivity contribution in [1.29, 1.82) is 0 Å². The highest BCUT2D eigenvalue weighted by Gasteiger charge is 2.32. The number of hydrogen-bond acceptors (Lipinski definition) is 6. The predicted molar refractivity (Wildman–Crippen MR) is 96.4 cm³/mol. The molecular formula is C17H12ClF3N2O4S. The van der Waals surface area contributed by atoms with Crippen LogP contribution in [0.1, 0.15) is 16.9 Å². The van der Waals surface area contributed by atoms with E-state index in [1.54, 1.807) is 12.1 Å². The van der Waals surface area contributed by atoms with Crippen LogP contribution in [-0.2, 0) is 25.3 Å². The lowest BCUT2D eigenvalue weighted by molar-refractivity contribution is -0.157. The standard InChI is InChI=1S/C17H12ClF3N2O4S/c18-14-6-5-13(28-14)11-7-12(27-23-11)16(25)26-8-15(24)22-10-3-1-9(2-4-10)17(19,20)21/h1-6,12H,7-8H2,(H,22,24). The van der Waals surface area contributed by atoms with Gasteiger partial charge in [0.1, 0.15) is 5.71 Å². The van der Waals surface area contributed by atoms with Gasteiger partial charge in [-0.25, -0.2) is 4.79 Å². The number of alkyl halides is 3. The fraction of sp³-hybridized carbons (Fsp3) is 0.235. The lowest BCUT2D eigenvalue weighted by Crippen LogP contribution is -2.28. The second-order valence-corrected chi connectivity index (χ2v) is 7.39. The van der Waals surface area contributed by atoms with Crippen LogP contribution in [0.3, 0.4) is 0 Å². The van der Waals surface area contributed by atoms with Gasteiger partial charge in [-0.15, -0.1) is 11.3 Å². The van der Waals surface area contributed by atoms with E-state index < -0.39 is 36.3 Å². The van der Waals surface area contributed by atoms with Gasteiger partial charge in [0.05, 0.1) is 14.8 Å². The fourth-order valence-electron chi connectivity index (χ4n) is 2.29. The number of amides is 1. The molecule has 1 unspecified atom stereocenters. The number of anilines is 1. The van der Waals surface area contributed by atoms with Gasteiger partial charge >= 0.3 is 12.1 Å². The van der Waals surface area contributed by atoms with Crippen molar-refractivity contribution in [2.24, 2.45) is 5.16 Å². The number of nitrogens with zero attached hydrogens (tertiary/aromatic N) is 1. The molecule has 28 heavy (non-hydrogen) atoms. The lowest BCUT2D eigenvalue weighted by atomic mass is 10.1. The summed E-state index contributed by atoms with van der Waals surface area (Å²) in [6.07, 6.45) is -5.26. The molecule has 0 aliphatic carbocycles. The number of carbonyl (C=O) groups is 2. The zero-order valence-corrected chi connectivity index (χ0v) is 15.5. The first kappa shape index (κ1) is 20.2. The summed E-state index contributed by atoms with van der Waals surface area (Å²) in [4.78, 5) is 29.6. The van der Waals surface area contributed by atoms with E-state index in [0.29, 0.717) is 10.0 Å². The van der Waals surface area contributed by atoms with Gasteiger partial charge in [-0.3, -0.25) is 4.79 Å². The highest BCUT2D eigenvalue weighted by Crippen LogP contribution is 2.30. The summed E-state index contributed by atoms with van der Waals surface area (Å²) in [5.74, 6) is -1.47. The Balaban J connectivity index is 1.45. The van der Waals surface area contributed by atoms with Crippen LogP contribution in [0.15, 0.2) is 41.6 Å². The first-order valence-corrected chi connectivity index (χ1v) is 9.04. The highest BCUT2D eigenvalue weighted by atomic mass is 35.5. The summed E-state index contributed by atoms with van der Waals surface area (Å²) in [5, 5.41) is 6.16. The van der Waals surface area contributed by atoms with Gasteiger partial charge in [0, 0.05) is 12.1 Å². The van der Waals surface area contributed by atoms with E-state index in [-0.39, 0.29) is 12.1 Å². The highest BCUT2D eigenvalue weighted by molar-refractivity contribution is 7.18. The van der Waals surface area contributed by atoms with Crippen LogP contribution < -0.4 is 5.32 Å². The first-order chi connectivity index (χ1) is 13.2. The predicted octanol–water partition coefficient (Wildman–Crippen LogP) is 4.10. The first-order valence-electron chi connectivity index (χ1n) is 7.84. The minimum Gasteiger partial charge on any atom is -0.453 e. The minimum absolute atomic E-state index is 0.145. The Hall–Kier alpha value is -2.59. The van der Waals surface area contributed by atoms with Crippen molar-refractivity contribution in [3.05, 3.63) is 51.2 Å². The molecule has 0 radical (unpaired) electrons. The number of nitrogens with one attached hydrogen (secondary N) is 1. The summed E-state index contributed by atoms with van der Waals surface area (Å²) in [6, 6.07) is 7.33. The molecule has 1 aromatic heterocycles. The minimum atomic E-state index is -4.46. The molecule has 2 aromatic rings. The van der Waals surface area contributed by atoms with E-state index in [1.807, 2.05) is 0 Å². The average molecular weight is 433 g/mol. The van der Waals surface area contributed by atoms with Crippen LogP contribution in [0.5, 0.6) is 0 Å². The molecule has 2 heterocycles. The number of carbonyl (C=O) groups excluding carboxylic acids is 2. The van der Waals surface area contributed by atoms with Crippen LogP contribution in [0.4, 0.5) is 18.9 Å². The molecule has 1 atom stereocenters. The number of oxime groups is 1. The lowest BCUT2D eigenvalue weighted by Gasteiger charge is -2.10. The number of halogens is 4. The van der Waals surface area contributed by atoms with Gasteiger partial charge in [-0.2, -0.15) is 13.2 Å². The van der Waals surface area contributed by atoms with Gasteiger partial charge in [-0.1, -0.05) is 16.8 Å². The fourth-order valence-corrected chi connectivity index (χ4v) is 3.32. The van der Waals surface area contributed by atoms with Crippen molar-refractivity contribution >= 4 is 46.2 Å². The Kier molecular flexibility index (Phi) is 5.90. The van der Waals surface area contributed by atoms with Crippen molar-refractivity contribution in [1.82, 2.24) is 0 Å². The Bertz CT molecular complexity index is 912. The molecule has 0 fully saturated rings. The molecule has 148 valence electrons. The summed E-state index contributed by atoms with van der Waals surface area (Å²) in [6.45, 7) is -0.611. The molecule has 11 heteroatoms. The summed E-state index contributed by atoms with van der Waals surface area (Å²) >= 11 is 7.14. The van der Waals surface area contributed by atoms with Gasteiger partial charge in [0.25, 0.3) is 5.91 Å². The molecule has 1 amide bonds. The van der Waals surface area contributed by atoms with E-state index in [1.165, 1.54) is 11.3 Å². The van der Waals surface area contributed by atoms with E-state index in [0.717, 1.165) is 29.1 Å². The summed E-state index contributed by atoms with van der Waals surface area (Å²) < 4.78 is 43.0. The molecular weight excluding hydrogens is 421 g/mol. The van der Waals surface area contributed by atoms with E-state index in [2.05, 4.69) is 10.5 Å². The number of ether oxygens (including phenoxy) is 1. The van der Waals surface area contributed by atoms with E-state index in [4.69, 9.17) is 21.2 Å². The van der Waals surface area contributed by atoms with E-state index >= 15 is 0 Å². The van der Waals surface area contributed by atoms with E-state index in [9.17, 15) is 22.8 Å². The monoisotopic (exact) mass is 432 g/mol. The Morgan fingerprint density at radius 2 is 1.96 bits per heavy atom. The average Bonchev–Trinajstić information content (AvgIpc) is 3.28. The molecule has 0 saturated carbocycles. The molecule has 6 nitrogen and oxygen atoms in total. The smallest absolute Gasteiger partial charge is 0.416 e. The van der Waals surface area contributed by atoms with Gasteiger partial charge in [0.15, 0.2) is 6.61 Å². The SMILES string of the molecule is O=C(COC(=O)C1CC(c2ccc(Cl)s2)=NO1)Nc1ccc(C(F)(F)F)cc1. The molecule has 1 aliphatic heterocycles. The Morgan fingerprint density at radius 1 is 1.25 bits per heavy atom. The maximum Gasteiger partial charge on any atom is 0.416 e. The van der Waals surface area contributed by atoms with Crippen LogP contribution in [0.25, 0.3) is 0 Å². The van der Waals surface area contributed by atoms with Crippen molar-refractivity contribution in [2.45, 2.75) is 18.7 Å². The van der Waals surface area contributed by atoms with Crippen LogP contribution in [-0.4, -0.2) is 30.3 Å². The van der Waals surface area contributed by atoms with Gasteiger partial charge < -0.3 is 14.9 Å². The second-order valence-electron chi connectivity index (χ2n) is 5.67. The zero-order valence-electron chi connectivity index (χ0n) is 14.0. The molecule has 0 saturated heterocycles. The number of hydrogen-bond donors (Lipinski definition) is 1. The molecule has 1 N–H and O–H groups in total. The number of thiophene rings is 1. The zero-order chi connectivity index (χ0) is 20.3. The van der Waals surface area contributed by atoms with Gasteiger partial charge in [-0.05, 0) is 36.4 Å². The Morgan fingerprint density at radius 3 is 2.57 bits per heavy atom. The topological polar surface area (TPSA) is 77.0 Å². The maximum absolute atomic E-state index is 12.5. The number of benzene rings is 1. The van der Waals surface area contributed by atoms with Crippen molar-refractivity contribution < 1.29 is 32.3 Å². The summed E-state index contributed by atoms with van der Waals surface area (Å²) in [7, 11) is 0. The van der Waals surface area contributed by atoms with Crippen molar-refractivity contribution in [3.63, 3.8) is 0 Å². The third-order valence-corrected chi connectivity index (χ3v) is 4.91. The third-order valence-electron chi connectivity index (χ3n) is 3.63. The normalized spacial score (nSPS) is 16.3.